The van der Waals surface area contributed by atoms with Crippen molar-refractivity contribution in [2.45, 2.75) is 25.2 Å². The molecule has 0 aliphatic rings. The number of carbonyl (C=O) groups is 1. The molecule has 7 nitrogen and oxygen atoms in total. The summed E-state index contributed by atoms with van der Waals surface area (Å²) in [5.74, 6) is -1.21. The Morgan fingerprint density at radius 1 is 1.32 bits per heavy atom. The van der Waals surface area contributed by atoms with Crippen LogP contribution in [0.2, 0.25) is 0 Å². The minimum absolute atomic E-state index is 0.0558. The molecule has 2 N–H and O–H groups in total. The quantitative estimate of drug-likeness (QED) is 0.833. The van der Waals surface area contributed by atoms with E-state index in [-0.39, 0.29) is 28.5 Å². The van der Waals surface area contributed by atoms with Crippen molar-refractivity contribution in [1.29, 1.82) is 0 Å². The lowest BCUT2D eigenvalue weighted by molar-refractivity contribution is 0.0691. The highest BCUT2D eigenvalue weighted by Crippen LogP contribution is 2.26. The Kier molecular flexibility index (Phi) is 4.62. The van der Waals surface area contributed by atoms with Crippen molar-refractivity contribution in [3.63, 3.8) is 0 Å². The van der Waals surface area contributed by atoms with E-state index in [1.807, 2.05) is 6.07 Å². The topological polar surface area (TPSA) is 110 Å². The van der Waals surface area contributed by atoms with Crippen molar-refractivity contribution in [2.75, 3.05) is 6.54 Å². The number of carboxylic acid groups (broad SMARTS) is 1. The molecule has 0 saturated heterocycles. The van der Waals surface area contributed by atoms with E-state index in [1.54, 1.807) is 18.3 Å². The van der Waals surface area contributed by atoms with Crippen LogP contribution in [0.25, 0.3) is 0 Å². The number of hydrogen-bond acceptors (Lipinski definition) is 5. The number of aromatic nitrogens is 1. The first kappa shape index (κ1) is 16.2. The Morgan fingerprint density at radius 3 is 2.64 bits per heavy atom. The van der Waals surface area contributed by atoms with Crippen LogP contribution in [0.15, 0.2) is 33.7 Å². The molecule has 0 radical (unpaired) electrons. The van der Waals surface area contributed by atoms with E-state index in [4.69, 9.17) is 9.52 Å². The molecule has 22 heavy (non-hydrogen) atoms. The largest absolute Gasteiger partial charge is 0.478 e. The summed E-state index contributed by atoms with van der Waals surface area (Å²) in [5.41, 5.74) is 0.409. The highest BCUT2D eigenvalue weighted by atomic mass is 32.2. The van der Waals surface area contributed by atoms with Crippen LogP contribution in [0.1, 0.15) is 27.6 Å². The molecule has 0 amide bonds. The number of rotatable bonds is 6. The van der Waals surface area contributed by atoms with Crippen LogP contribution in [0.4, 0.5) is 0 Å². The number of furan rings is 1. The van der Waals surface area contributed by atoms with Gasteiger partial charge in [-0.05, 0) is 26.0 Å². The summed E-state index contributed by atoms with van der Waals surface area (Å²) in [6.45, 7) is 2.96. The van der Waals surface area contributed by atoms with Crippen LogP contribution in [0, 0.1) is 13.8 Å². The first-order valence-electron chi connectivity index (χ1n) is 6.56. The molecule has 2 rings (SSSR count). The standard InChI is InChI=1S/C14H16N2O5S/c1-9-12(14(17)18)13(10(2)21-9)22(19,20)16-8-6-11-5-3-4-7-15-11/h3-5,7,16H,6,8H2,1-2H3,(H,17,18). The van der Waals surface area contributed by atoms with Gasteiger partial charge in [-0.3, -0.25) is 4.98 Å². The minimum atomic E-state index is -3.97. The average molecular weight is 324 g/mol. The summed E-state index contributed by atoms with van der Waals surface area (Å²) >= 11 is 0. The molecule has 8 heteroatoms. The molecule has 0 unspecified atom stereocenters. The Labute approximate surface area is 128 Å². The molecule has 0 aromatic carbocycles. The fraction of sp³-hybridized carbons (Fsp3) is 0.286. The Balaban J connectivity index is 2.19. The van der Waals surface area contributed by atoms with Crippen LogP contribution in [0.3, 0.4) is 0 Å². The van der Waals surface area contributed by atoms with Crippen LogP contribution >= 0.6 is 0 Å². The summed E-state index contributed by atoms with van der Waals surface area (Å²) in [6.07, 6.45) is 2.02. The zero-order valence-electron chi connectivity index (χ0n) is 12.2. The highest BCUT2D eigenvalue weighted by Gasteiger charge is 2.30. The molecular formula is C14H16N2O5S. The van der Waals surface area contributed by atoms with Gasteiger partial charge in [-0.1, -0.05) is 6.07 Å². The van der Waals surface area contributed by atoms with Crippen molar-refractivity contribution in [3.05, 3.63) is 47.2 Å². The number of carboxylic acids is 1. The molecule has 0 atom stereocenters. The lowest BCUT2D eigenvalue weighted by atomic mass is 10.2. The number of nitrogens with zero attached hydrogens (tertiary/aromatic N) is 1. The number of pyridine rings is 1. The number of nitrogens with one attached hydrogen (secondary N) is 1. The Hall–Kier alpha value is -2.19. The zero-order chi connectivity index (χ0) is 16.3. The first-order chi connectivity index (χ1) is 10.3. The second-order valence-corrected chi connectivity index (χ2v) is 6.40. The zero-order valence-corrected chi connectivity index (χ0v) is 13.0. The molecule has 0 aliphatic heterocycles. The van der Waals surface area contributed by atoms with Crippen LogP contribution in [0.5, 0.6) is 0 Å². The summed E-state index contributed by atoms with van der Waals surface area (Å²) in [4.78, 5) is 15.0. The van der Waals surface area contributed by atoms with Crippen molar-refractivity contribution < 1.29 is 22.7 Å². The summed E-state index contributed by atoms with van der Waals surface area (Å²) < 4.78 is 32.2. The van der Waals surface area contributed by atoms with E-state index >= 15 is 0 Å². The molecule has 0 saturated carbocycles. The smallest absolute Gasteiger partial charge is 0.340 e. The summed E-state index contributed by atoms with van der Waals surface area (Å²) in [7, 11) is -3.97. The molecule has 2 aromatic rings. The molecule has 2 aromatic heterocycles. The average Bonchev–Trinajstić information content (AvgIpc) is 2.75. The second-order valence-electron chi connectivity index (χ2n) is 4.69. The number of aryl methyl sites for hydroxylation is 2. The monoisotopic (exact) mass is 324 g/mol. The van der Waals surface area contributed by atoms with Crippen molar-refractivity contribution in [2.24, 2.45) is 0 Å². The van der Waals surface area contributed by atoms with Crippen LogP contribution < -0.4 is 4.72 Å². The summed E-state index contributed by atoms with van der Waals surface area (Å²) in [5, 5.41) is 9.16. The van der Waals surface area contributed by atoms with Gasteiger partial charge in [0.25, 0.3) is 0 Å². The predicted octanol–water partition coefficient (Wildman–Crippen LogP) is 1.51. The molecule has 0 fully saturated rings. The Bertz CT molecular complexity index is 781. The van der Waals surface area contributed by atoms with E-state index in [0.717, 1.165) is 5.69 Å². The van der Waals surface area contributed by atoms with Gasteiger partial charge in [0, 0.05) is 24.9 Å². The van der Waals surface area contributed by atoms with Crippen LogP contribution in [-0.2, 0) is 16.4 Å². The van der Waals surface area contributed by atoms with E-state index < -0.39 is 16.0 Å². The molecule has 0 bridgehead atoms. The molecule has 0 spiro atoms. The SMILES string of the molecule is Cc1oc(C)c(S(=O)(=O)NCCc2ccccn2)c1C(=O)O. The number of sulfonamides is 1. The normalized spacial score (nSPS) is 11.5. The number of aromatic carboxylic acids is 1. The fourth-order valence-electron chi connectivity index (χ4n) is 2.17. The van der Waals surface area contributed by atoms with Gasteiger partial charge in [0.05, 0.1) is 0 Å². The van der Waals surface area contributed by atoms with Gasteiger partial charge in [-0.2, -0.15) is 0 Å². The third kappa shape index (κ3) is 3.34. The molecular weight excluding hydrogens is 308 g/mol. The maximum Gasteiger partial charge on any atom is 0.340 e. The van der Waals surface area contributed by atoms with E-state index in [9.17, 15) is 13.2 Å². The van der Waals surface area contributed by atoms with Gasteiger partial charge in [0.2, 0.25) is 10.0 Å². The molecule has 0 aliphatic carbocycles. The van der Waals surface area contributed by atoms with E-state index in [2.05, 4.69) is 9.71 Å². The van der Waals surface area contributed by atoms with Crippen molar-refractivity contribution in [1.82, 2.24) is 9.71 Å². The lowest BCUT2D eigenvalue weighted by Gasteiger charge is -2.06. The van der Waals surface area contributed by atoms with Crippen molar-refractivity contribution >= 4 is 16.0 Å². The van der Waals surface area contributed by atoms with Gasteiger partial charge < -0.3 is 9.52 Å². The third-order valence-corrected chi connectivity index (χ3v) is 4.70. The predicted molar refractivity (Wildman–Crippen MR) is 78.3 cm³/mol. The lowest BCUT2D eigenvalue weighted by Crippen LogP contribution is -2.27. The van der Waals surface area contributed by atoms with Gasteiger partial charge >= 0.3 is 5.97 Å². The summed E-state index contributed by atoms with van der Waals surface area (Å²) in [6, 6.07) is 5.36. The van der Waals surface area contributed by atoms with Gasteiger partial charge in [0.15, 0.2) is 0 Å². The van der Waals surface area contributed by atoms with Gasteiger partial charge in [-0.15, -0.1) is 0 Å². The fourth-order valence-corrected chi connectivity index (χ4v) is 3.60. The maximum atomic E-state index is 12.3. The Morgan fingerprint density at radius 2 is 2.05 bits per heavy atom. The van der Waals surface area contributed by atoms with Gasteiger partial charge in [0.1, 0.15) is 22.0 Å². The highest BCUT2D eigenvalue weighted by molar-refractivity contribution is 7.89. The molecule has 118 valence electrons. The first-order valence-corrected chi connectivity index (χ1v) is 8.04. The number of hydrogen-bond donors (Lipinski definition) is 2. The van der Waals surface area contributed by atoms with Crippen LogP contribution in [-0.4, -0.2) is 31.0 Å². The third-order valence-electron chi connectivity index (χ3n) is 3.09. The van der Waals surface area contributed by atoms with E-state index in [1.165, 1.54) is 13.8 Å². The van der Waals surface area contributed by atoms with Gasteiger partial charge in [-0.25, -0.2) is 17.9 Å². The van der Waals surface area contributed by atoms with E-state index in [0.29, 0.717) is 6.42 Å². The maximum absolute atomic E-state index is 12.3. The minimum Gasteiger partial charge on any atom is -0.478 e. The molecule has 2 heterocycles. The van der Waals surface area contributed by atoms with Crippen molar-refractivity contribution in [3.8, 4) is 0 Å². The second kappa shape index (κ2) is 6.29.